The molecule has 3 saturated carbocycles. The van der Waals surface area contributed by atoms with Gasteiger partial charge in [0.05, 0.1) is 0 Å². The molecule has 0 nitrogen and oxygen atoms in total. The van der Waals surface area contributed by atoms with Gasteiger partial charge in [-0.1, -0.05) is 50.9 Å². The maximum atomic E-state index is 2.55. The van der Waals surface area contributed by atoms with E-state index in [1.165, 1.54) is 43.4 Å². The van der Waals surface area contributed by atoms with Crippen molar-refractivity contribution in [1.82, 2.24) is 0 Å². The van der Waals surface area contributed by atoms with E-state index in [0.29, 0.717) is 7.92 Å². The van der Waals surface area contributed by atoms with Crippen LogP contribution in [-0.4, -0.2) is 17.5 Å². The second-order valence-corrected chi connectivity index (χ2v) is 10.5. The first-order valence-electron chi connectivity index (χ1n) is 9.51. The fraction of sp³-hybridized carbons (Fsp3) is 0.947. The van der Waals surface area contributed by atoms with Crippen LogP contribution in [0.5, 0.6) is 0 Å². The predicted molar refractivity (Wildman–Crippen MR) is 91.8 cm³/mol. The van der Waals surface area contributed by atoms with E-state index >= 15 is 0 Å². The monoisotopic (exact) mass is 300 g/mol. The molecule has 0 aromatic rings. The molecule has 21 heavy (non-hydrogen) atoms. The van der Waals surface area contributed by atoms with Gasteiger partial charge in [0.2, 0.25) is 0 Å². The molecule has 0 N–H and O–H groups in total. The molecule has 116 valence electrons. The topological polar surface area (TPSA) is 0 Å². The van der Waals surface area contributed by atoms with Gasteiger partial charge in [-0.2, -0.15) is 12.8 Å². The quantitative estimate of drug-likeness (QED) is 0.414. The van der Waals surface area contributed by atoms with Gasteiger partial charge in [-0.25, -0.2) is 0 Å². The van der Waals surface area contributed by atoms with E-state index < -0.39 is 0 Å². The molecule has 0 amide bonds. The van der Waals surface area contributed by atoms with Gasteiger partial charge in [0.1, 0.15) is 0 Å². The average molecular weight is 300 g/mol. The molecule has 0 radical (unpaired) electrons. The van der Waals surface area contributed by atoms with Crippen LogP contribution >= 0.6 is 7.92 Å². The summed E-state index contributed by atoms with van der Waals surface area (Å²) in [4.78, 5) is 0. The fourth-order valence-electron chi connectivity index (χ4n) is 4.91. The van der Waals surface area contributed by atoms with Crippen molar-refractivity contribution in [2.75, 3.05) is 6.16 Å². The zero-order valence-electron chi connectivity index (χ0n) is 14.4. The van der Waals surface area contributed by atoms with E-state index in [-0.39, 0.29) is 18.9 Å². The molecule has 3 aliphatic carbocycles. The maximum absolute atomic E-state index is 2.55. The van der Waals surface area contributed by atoms with E-state index in [4.69, 9.17) is 0 Å². The molecular weight excluding hydrogens is 266 g/mol. The molecule has 2 heteroatoms. The zero-order chi connectivity index (χ0) is 13.6. The van der Waals surface area contributed by atoms with Crippen molar-refractivity contribution in [3.63, 3.8) is 0 Å². The van der Waals surface area contributed by atoms with Crippen LogP contribution in [0.15, 0.2) is 0 Å². The first-order chi connectivity index (χ1) is 9.93. The van der Waals surface area contributed by atoms with Gasteiger partial charge in [-0.05, 0) is 49.6 Å². The summed E-state index contributed by atoms with van der Waals surface area (Å²) in [5, 5.41) is 0. The van der Waals surface area contributed by atoms with Gasteiger partial charge in [-0.15, -0.1) is 7.92 Å². The predicted octanol–water partition coefficient (Wildman–Crippen LogP) is 3.53. The van der Waals surface area contributed by atoms with Crippen LogP contribution in [0.3, 0.4) is 0 Å². The molecule has 3 aliphatic rings. The molecular formula is C19H34LiP. The first-order valence-corrected chi connectivity index (χ1v) is 11.2. The van der Waals surface area contributed by atoms with Crippen LogP contribution in [0.2, 0.25) is 0 Å². The minimum Gasteiger partial charge on any atom is -0.328 e. The molecule has 0 aromatic carbocycles. The second kappa shape index (κ2) is 10.0. The van der Waals surface area contributed by atoms with Crippen molar-refractivity contribution in [3.05, 3.63) is 6.42 Å². The number of hydrogen-bond acceptors (Lipinski definition) is 0. The van der Waals surface area contributed by atoms with Crippen LogP contribution in [0.4, 0.5) is 0 Å². The van der Waals surface area contributed by atoms with Gasteiger partial charge in [0.15, 0.2) is 0 Å². The van der Waals surface area contributed by atoms with Crippen molar-refractivity contribution in [2.24, 2.45) is 5.92 Å². The van der Waals surface area contributed by atoms with Crippen molar-refractivity contribution in [2.45, 2.75) is 101 Å². The summed E-state index contributed by atoms with van der Waals surface area (Å²) in [7, 11) is 0.373. The van der Waals surface area contributed by atoms with Crippen LogP contribution in [0.1, 0.15) is 89.9 Å². The molecule has 0 bridgehead atoms. The maximum Gasteiger partial charge on any atom is 1.00 e. The van der Waals surface area contributed by atoms with E-state index in [1.807, 2.05) is 0 Å². The Bertz CT molecular complexity index is 245. The van der Waals surface area contributed by atoms with Crippen LogP contribution in [0.25, 0.3) is 0 Å². The molecule has 0 heterocycles. The van der Waals surface area contributed by atoms with Crippen molar-refractivity contribution >= 4 is 7.92 Å². The molecule has 0 saturated heterocycles. The van der Waals surface area contributed by atoms with Gasteiger partial charge >= 0.3 is 18.9 Å². The minimum atomic E-state index is 0. The Kier molecular flexibility index (Phi) is 8.75. The van der Waals surface area contributed by atoms with E-state index in [9.17, 15) is 0 Å². The van der Waals surface area contributed by atoms with Gasteiger partial charge in [-0.3, -0.25) is 0 Å². The zero-order valence-corrected chi connectivity index (χ0v) is 15.3. The molecule has 1 atom stereocenters. The van der Waals surface area contributed by atoms with E-state index in [2.05, 4.69) is 6.42 Å². The normalized spacial score (nSPS) is 28.7. The molecule has 0 spiro atoms. The summed E-state index contributed by atoms with van der Waals surface area (Å²) >= 11 is 0. The van der Waals surface area contributed by atoms with Crippen LogP contribution < -0.4 is 18.9 Å². The summed E-state index contributed by atoms with van der Waals surface area (Å²) in [6.07, 6.45) is 25.8. The summed E-state index contributed by atoms with van der Waals surface area (Å²) in [5.74, 6) is 1.08. The third kappa shape index (κ3) is 5.55. The second-order valence-electron chi connectivity index (χ2n) is 7.58. The van der Waals surface area contributed by atoms with Gasteiger partial charge in [0, 0.05) is 0 Å². The summed E-state index contributed by atoms with van der Waals surface area (Å²) < 4.78 is 0. The Balaban J connectivity index is 0.00000161. The molecule has 3 fully saturated rings. The summed E-state index contributed by atoms with van der Waals surface area (Å²) in [5.41, 5.74) is 2.35. The smallest absolute Gasteiger partial charge is 0.328 e. The molecule has 1 unspecified atom stereocenters. The number of rotatable bonds is 5. The van der Waals surface area contributed by atoms with Crippen LogP contribution in [0, 0.1) is 12.3 Å². The SMILES string of the molecule is [CH-]1CCC(CCP(C2CCCCC2)C2CCCCC2)C1.[Li+]. The van der Waals surface area contributed by atoms with E-state index in [1.54, 1.807) is 63.9 Å². The van der Waals surface area contributed by atoms with Crippen LogP contribution in [-0.2, 0) is 0 Å². The summed E-state index contributed by atoms with van der Waals surface area (Å²) in [6, 6.07) is 0. The molecule has 3 rings (SSSR count). The first kappa shape index (κ1) is 18.4. The largest absolute Gasteiger partial charge is 1.00 e. The minimum absolute atomic E-state index is 0. The molecule has 0 aromatic heterocycles. The van der Waals surface area contributed by atoms with Crippen molar-refractivity contribution in [1.29, 1.82) is 0 Å². The van der Waals surface area contributed by atoms with Crippen molar-refractivity contribution in [3.8, 4) is 0 Å². The fourth-order valence-corrected chi connectivity index (χ4v) is 8.95. The van der Waals surface area contributed by atoms with Crippen molar-refractivity contribution < 1.29 is 18.9 Å². The van der Waals surface area contributed by atoms with Gasteiger partial charge < -0.3 is 6.42 Å². The summed E-state index contributed by atoms with van der Waals surface area (Å²) in [6.45, 7) is 0. The Morgan fingerprint density at radius 2 is 1.33 bits per heavy atom. The standard InChI is InChI=1S/C19H34P.Li/c1-3-11-18(12-4-1)20(19-13-5-2-6-14-19)16-15-17-9-7-8-10-17;/h7,17-19H,1-6,8-16H2;/q-1;+1. The Morgan fingerprint density at radius 1 is 0.762 bits per heavy atom. The Labute approximate surface area is 146 Å². The Morgan fingerprint density at radius 3 is 1.81 bits per heavy atom. The third-order valence-electron chi connectivity index (χ3n) is 6.16. The molecule has 0 aliphatic heterocycles. The van der Waals surface area contributed by atoms with Gasteiger partial charge in [0.25, 0.3) is 0 Å². The van der Waals surface area contributed by atoms with E-state index in [0.717, 1.165) is 5.92 Å². The Hall–Kier alpha value is 1.03. The number of hydrogen-bond donors (Lipinski definition) is 0. The average Bonchev–Trinajstić information content (AvgIpc) is 3.03. The third-order valence-corrected chi connectivity index (χ3v) is 9.85.